The van der Waals surface area contributed by atoms with Gasteiger partial charge in [-0.1, -0.05) is 48.5 Å². The van der Waals surface area contributed by atoms with Crippen LogP contribution in [0.25, 0.3) is 0 Å². The van der Waals surface area contributed by atoms with E-state index in [9.17, 15) is 0 Å². The summed E-state index contributed by atoms with van der Waals surface area (Å²) in [6, 6.07) is 19.9. The number of hydrogen-bond acceptors (Lipinski definition) is 2. The molecule has 1 fully saturated rings. The molecule has 1 aliphatic heterocycles. The predicted molar refractivity (Wildman–Crippen MR) is 85.2 cm³/mol. The van der Waals surface area contributed by atoms with Crippen molar-refractivity contribution in [2.45, 2.75) is 25.3 Å². The van der Waals surface area contributed by atoms with Crippen LogP contribution in [-0.2, 0) is 6.42 Å². The molecule has 2 aromatic carbocycles. The van der Waals surface area contributed by atoms with Gasteiger partial charge in [-0.15, -0.1) is 0 Å². The summed E-state index contributed by atoms with van der Waals surface area (Å²) in [6.07, 6.45) is 3.51. The Balaban J connectivity index is 1.74. The van der Waals surface area contributed by atoms with E-state index in [0.717, 1.165) is 19.5 Å². The third-order valence-corrected chi connectivity index (χ3v) is 3.91. The van der Waals surface area contributed by atoms with E-state index in [4.69, 9.17) is 0 Å². The van der Waals surface area contributed by atoms with Gasteiger partial charge in [-0.3, -0.25) is 0 Å². The predicted octanol–water partition coefficient (Wildman–Crippen LogP) is 3.44. The monoisotopic (exact) mass is 266 g/mol. The van der Waals surface area contributed by atoms with Gasteiger partial charge in [0.15, 0.2) is 0 Å². The van der Waals surface area contributed by atoms with Crippen LogP contribution in [-0.4, -0.2) is 19.1 Å². The van der Waals surface area contributed by atoms with Crippen LogP contribution in [0.5, 0.6) is 0 Å². The first-order valence-electron chi connectivity index (χ1n) is 7.51. The summed E-state index contributed by atoms with van der Waals surface area (Å²) < 4.78 is 0. The van der Waals surface area contributed by atoms with Gasteiger partial charge in [-0.2, -0.15) is 0 Å². The zero-order valence-electron chi connectivity index (χ0n) is 11.8. The van der Waals surface area contributed by atoms with E-state index in [-0.39, 0.29) is 0 Å². The molecular weight excluding hydrogens is 244 g/mol. The van der Waals surface area contributed by atoms with Gasteiger partial charge in [0, 0.05) is 18.3 Å². The second-order valence-corrected chi connectivity index (χ2v) is 5.51. The van der Waals surface area contributed by atoms with Crippen LogP contribution in [0.4, 0.5) is 5.69 Å². The molecule has 2 aromatic rings. The molecule has 1 saturated heterocycles. The van der Waals surface area contributed by atoms with Crippen LogP contribution in [0.15, 0.2) is 54.6 Å². The van der Waals surface area contributed by atoms with Crippen molar-refractivity contribution < 1.29 is 0 Å². The summed E-state index contributed by atoms with van der Waals surface area (Å²) in [6.45, 7) is 2.23. The first-order valence-corrected chi connectivity index (χ1v) is 7.51. The number of nitrogens with one attached hydrogen (secondary N) is 2. The standard InChI is InChI=1S/C18H22N2/c1-2-7-15(8-3-1)13-16-9-4-5-11-18(16)20-17-10-6-12-19-14-17/h1-5,7-9,11,17,19-20H,6,10,12-14H2. The summed E-state index contributed by atoms with van der Waals surface area (Å²) in [5.41, 5.74) is 4.03. The number of anilines is 1. The lowest BCUT2D eigenvalue weighted by Gasteiger charge is -2.26. The summed E-state index contributed by atoms with van der Waals surface area (Å²) >= 11 is 0. The highest BCUT2D eigenvalue weighted by Gasteiger charge is 2.13. The summed E-state index contributed by atoms with van der Waals surface area (Å²) in [5.74, 6) is 0. The van der Waals surface area contributed by atoms with Gasteiger partial charge in [0.2, 0.25) is 0 Å². The van der Waals surface area contributed by atoms with Gasteiger partial charge in [-0.05, 0) is 43.0 Å². The molecule has 2 N–H and O–H groups in total. The van der Waals surface area contributed by atoms with Gasteiger partial charge in [0.1, 0.15) is 0 Å². The second-order valence-electron chi connectivity index (χ2n) is 5.51. The number of piperidine rings is 1. The Bertz CT molecular complexity index is 530. The van der Waals surface area contributed by atoms with Crippen molar-refractivity contribution in [1.29, 1.82) is 0 Å². The van der Waals surface area contributed by atoms with Gasteiger partial charge < -0.3 is 10.6 Å². The maximum absolute atomic E-state index is 3.71. The third-order valence-electron chi connectivity index (χ3n) is 3.91. The molecule has 104 valence electrons. The molecule has 20 heavy (non-hydrogen) atoms. The second kappa shape index (κ2) is 6.58. The molecule has 1 unspecified atom stereocenters. The lowest BCUT2D eigenvalue weighted by Crippen LogP contribution is -2.38. The topological polar surface area (TPSA) is 24.1 Å². The average Bonchev–Trinajstić information content (AvgIpc) is 2.51. The van der Waals surface area contributed by atoms with Crippen molar-refractivity contribution >= 4 is 5.69 Å². The van der Waals surface area contributed by atoms with Crippen LogP contribution in [0.1, 0.15) is 24.0 Å². The maximum Gasteiger partial charge on any atom is 0.0386 e. The van der Waals surface area contributed by atoms with E-state index in [1.807, 2.05) is 0 Å². The quantitative estimate of drug-likeness (QED) is 0.886. The Morgan fingerprint density at radius 2 is 1.80 bits per heavy atom. The highest BCUT2D eigenvalue weighted by molar-refractivity contribution is 5.53. The zero-order chi connectivity index (χ0) is 13.6. The van der Waals surface area contributed by atoms with Crippen molar-refractivity contribution in [2.24, 2.45) is 0 Å². The van der Waals surface area contributed by atoms with E-state index < -0.39 is 0 Å². The summed E-state index contributed by atoms with van der Waals surface area (Å²) in [5, 5.41) is 7.17. The van der Waals surface area contributed by atoms with Crippen LogP contribution in [0.2, 0.25) is 0 Å². The summed E-state index contributed by atoms with van der Waals surface area (Å²) in [7, 11) is 0. The highest BCUT2D eigenvalue weighted by atomic mass is 15.0. The first kappa shape index (κ1) is 13.2. The van der Waals surface area contributed by atoms with Gasteiger partial charge >= 0.3 is 0 Å². The first-order chi connectivity index (χ1) is 9.92. The smallest absolute Gasteiger partial charge is 0.0386 e. The number of para-hydroxylation sites is 1. The van der Waals surface area contributed by atoms with Crippen LogP contribution in [0, 0.1) is 0 Å². The van der Waals surface area contributed by atoms with Gasteiger partial charge in [0.05, 0.1) is 0 Å². The Kier molecular flexibility index (Phi) is 4.34. The van der Waals surface area contributed by atoms with E-state index in [2.05, 4.69) is 65.2 Å². The fraction of sp³-hybridized carbons (Fsp3) is 0.333. The fourth-order valence-electron chi connectivity index (χ4n) is 2.83. The van der Waals surface area contributed by atoms with Gasteiger partial charge in [0.25, 0.3) is 0 Å². The molecule has 0 bridgehead atoms. The normalized spacial score (nSPS) is 18.7. The van der Waals surface area contributed by atoms with Crippen molar-refractivity contribution in [2.75, 3.05) is 18.4 Å². The number of rotatable bonds is 4. The molecule has 3 rings (SSSR count). The number of benzene rings is 2. The molecule has 1 aliphatic rings. The van der Waals surface area contributed by atoms with E-state index in [1.54, 1.807) is 0 Å². The van der Waals surface area contributed by atoms with Crippen molar-refractivity contribution in [1.82, 2.24) is 5.32 Å². The molecular formula is C18H22N2. The Morgan fingerprint density at radius 1 is 1.00 bits per heavy atom. The lowest BCUT2D eigenvalue weighted by atomic mass is 10.0. The molecule has 2 nitrogen and oxygen atoms in total. The molecule has 0 amide bonds. The molecule has 1 heterocycles. The van der Waals surface area contributed by atoms with Crippen LogP contribution in [0.3, 0.4) is 0 Å². The van der Waals surface area contributed by atoms with E-state index in [1.165, 1.54) is 29.7 Å². The van der Waals surface area contributed by atoms with E-state index >= 15 is 0 Å². The van der Waals surface area contributed by atoms with Crippen molar-refractivity contribution in [3.63, 3.8) is 0 Å². The Morgan fingerprint density at radius 3 is 2.60 bits per heavy atom. The number of hydrogen-bond donors (Lipinski definition) is 2. The molecule has 2 heteroatoms. The minimum Gasteiger partial charge on any atom is -0.381 e. The Labute approximate surface area is 121 Å². The molecule has 0 spiro atoms. The van der Waals surface area contributed by atoms with Gasteiger partial charge in [-0.25, -0.2) is 0 Å². The summed E-state index contributed by atoms with van der Waals surface area (Å²) in [4.78, 5) is 0. The van der Waals surface area contributed by atoms with Crippen molar-refractivity contribution in [3.05, 3.63) is 65.7 Å². The largest absolute Gasteiger partial charge is 0.381 e. The van der Waals surface area contributed by atoms with E-state index in [0.29, 0.717) is 6.04 Å². The minimum atomic E-state index is 0.556. The van der Waals surface area contributed by atoms with Crippen LogP contribution < -0.4 is 10.6 Å². The minimum absolute atomic E-state index is 0.556. The van der Waals surface area contributed by atoms with Crippen LogP contribution >= 0.6 is 0 Å². The maximum atomic E-state index is 3.71. The fourth-order valence-corrected chi connectivity index (χ4v) is 2.83. The molecule has 1 atom stereocenters. The SMILES string of the molecule is c1ccc(Cc2ccccc2NC2CCCNC2)cc1. The lowest BCUT2D eigenvalue weighted by molar-refractivity contribution is 0.479. The molecule has 0 radical (unpaired) electrons. The molecule has 0 aliphatic carbocycles. The Hall–Kier alpha value is -1.80. The van der Waals surface area contributed by atoms with Crippen molar-refractivity contribution in [3.8, 4) is 0 Å². The highest BCUT2D eigenvalue weighted by Crippen LogP contribution is 2.21. The average molecular weight is 266 g/mol. The third kappa shape index (κ3) is 3.40. The molecule has 0 saturated carbocycles. The zero-order valence-corrected chi connectivity index (χ0v) is 11.8. The molecule has 0 aromatic heterocycles.